The second kappa shape index (κ2) is 7.51. The number of amides is 1. The number of aryl methyl sites for hydroxylation is 2. The van der Waals surface area contributed by atoms with Crippen LogP contribution in [-0.2, 0) is 4.79 Å². The van der Waals surface area contributed by atoms with Crippen LogP contribution < -0.4 is 4.74 Å². The van der Waals surface area contributed by atoms with Crippen molar-refractivity contribution in [3.63, 3.8) is 0 Å². The minimum atomic E-state index is -0.925. The highest BCUT2D eigenvalue weighted by molar-refractivity contribution is 5.82. The zero-order valence-corrected chi connectivity index (χ0v) is 16.3. The van der Waals surface area contributed by atoms with Crippen LogP contribution in [0.3, 0.4) is 0 Å². The third-order valence-electron chi connectivity index (χ3n) is 5.89. The van der Waals surface area contributed by atoms with E-state index in [4.69, 9.17) is 4.74 Å². The number of likely N-dealkylation sites (tertiary alicyclic amines) is 1. The first-order valence-electron chi connectivity index (χ1n) is 9.77. The molecule has 26 heavy (non-hydrogen) atoms. The number of aromatic nitrogens is 2. The maximum Gasteiger partial charge on any atom is 0.316 e. The predicted molar refractivity (Wildman–Crippen MR) is 99.0 cm³/mol. The first kappa shape index (κ1) is 19.1. The van der Waals surface area contributed by atoms with Gasteiger partial charge in [0.05, 0.1) is 0 Å². The molecular weight excluding hydrogens is 330 g/mol. The molecule has 1 aromatic rings. The first-order valence-corrected chi connectivity index (χ1v) is 9.77. The molecule has 144 valence electrons. The summed E-state index contributed by atoms with van der Waals surface area (Å²) in [5, 5.41) is 10.8. The van der Waals surface area contributed by atoms with Gasteiger partial charge in [-0.25, -0.2) is 9.97 Å². The topological polar surface area (TPSA) is 75.6 Å². The van der Waals surface area contributed by atoms with Crippen molar-refractivity contribution in [3.8, 4) is 6.01 Å². The van der Waals surface area contributed by atoms with Crippen molar-refractivity contribution in [1.29, 1.82) is 0 Å². The van der Waals surface area contributed by atoms with Crippen LogP contribution in [0.1, 0.15) is 63.3 Å². The SMILES string of the molecule is Cc1cc(C)nc(OCC2(O)CCN(C(=O)C3(C)CCCCC3)CC2)n1. The smallest absolute Gasteiger partial charge is 0.316 e. The molecule has 1 saturated heterocycles. The fourth-order valence-electron chi connectivity index (χ4n) is 4.16. The summed E-state index contributed by atoms with van der Waals surface area (Å²) in [6, 6.07) is 2.20. The van der Waals surface area contributed by atoms with E-state index in [1.165, 1.54) is 6.42 Å². The van der Waals surface area contributed by atoms with E-state index in [0.717, 1.165) is 37.1 Å². The van der Waals surface area contributed by atoms with E-state index in [2.05, 4.69) is 16.9 Å². The molecule has 1 aliphatic carbocycles. The van der Waals surface area contributed by atoms with Crippen LogP contribution in [0.25, 0.3) is 0 Å². The number of rotatable bonds is 4. The lowest BCUT2D eigenvalue weighted by atomic mass is 9.74. The number of hydrogen-bond donors (Lipinski definition) is 1. The van der Waals surface area contributed by atoms with Crippen LogP contribution in [0.5, 0.6) is 6.01 Å². The van der Waals surface area contributed by atoms with Gasteiger partial charge in [-0.1, -0.05) is 26.2 Å². The number of piperidine rings is 1. The first-order chi connectivity index (χ1) is 12.3. The number of ether oxygens (including phenoxy) is 1. The molecule has 1 aliphatic heterocycles. The molecule has 0 bridgehead atoms. The highest BCUT2D eigenvalue weighted by atomic mass is 16.5. The number of aliphatic hydroxyl groups is 1. The molecule has 0 radical (unpaired) electrons. The second-order valence-corrected chi connectivity index (χ2v) is 8.36. The number of hydrogen-bond acceptors (Lipinski definition) is 5. The Morgan fingerprint density at radius 3 is 2.27 bits per heavy atom. The number of nitrogens with zero attached hydrogens (tertiary/aromatic N) is 3. The van der Waals surface area contributed by atoms with Crippen LogP contribution >= 0.6 is 0 Å². The molecule has 1 aromatic heterocycles. The summed E-state index contributed by atoms with van der Waals surface area (Å²) in [4.78, 5) is 23.4. The van der Waals surface area contributed by atoms with E-state index in [1.54, 1.807) is 0 Å². The monoisotopic (exact) mass is 361 g/mol. The summed E-state index contributed by atoms with van der Waals surface area (Å²) in [5.74, 6) is 0.262. The molecule has 2 aliphatic rings. The molecule has 0 aromatic carbocycles. The number of carbonyl (C=O) groups excluding carboxylic acids is 1. The number of carbonyl (C=O) groups is 1. The Morgan fingerprint density at radius 2 is 1.69 bits per heavy atom. The van der Waals surface area contributed by atoms with E-state index in [0.29, 0.717) is 31.9 Å². The van der Waals surface area contributed by atoms with E-state index >= 15 is 0 Å². The van der Waals surface area contributed by atoms with Crippen molar-refractivity contribution in [2.75, 3.05) is 19.7 Å². The van der Waals surface area contributed by atoms with Gasteiger partial charge in [-0.15, -0.1) is 0 Å². The summed E-state index contributed by atoms with van der Waals surface area (Å²) >= 11 is 0. The summed E-state index contributed by atoms with van der Waals surface area (Å²) in [6.07, 6.45) is 6.55. The zero-order valence-electron chi connectivity index (χ0n) is 16.3. The molecule has 6 nitrogen and oxygen atoms in total. The lowest BCUT2D eigenvalue weighted by Gasteiger charge is -2.42. The van der Waals surface area contributed by atoms with Gasteiger partial charge in [-0.3, -0.25) is 4.79 Å². The van der Waals surface area contributed by atoms with Crippen molar-refractivity contribution in [2.45, 2.75) is 71.3 Å². The van der Waals surface area contributed by atoms with Gasteiger partial charge in [0, 0.05) is 29.9 Å². The Bertz CT molecular complexity index is 627. The Hall–Kier alpha value is -1.69. The van der Waals surface area contributed by atoms with Crippen molar-refractivity contribution in [3.05, 3.63) is 17.5 Å². The Kier molecular flexibility index (Phi) is 5.51. The summed E-state index contributed by atoms with van der Waals surface area (Å²) in [5.41, 5.74) is 0.559. The van der Waals surface area contributed by atoms with Crippen LogP contribution in [-0.4, -0.2) is 51.2 Å². The second-order valence-electron chi connectivity index (χ2n) is 8.36. The van der Waals surface area contributed by atoms with E-state index in [9.17, 15) is 9.90 Å². The molecule has 0 unspecified atom stereocenters. The average molecular weight is 361 g/mol. The van der Waals surface area contributed by atoms with Gasteiger partial charge in [0.2, 0.25) is 5.91 Å². The molecule has 0 atom stereocenters. The van der Waals surface area contributed by atoms with Crippen molar-refractivity contribution in [1.82, 2.24) is 14.9 Å². The zero-order chi connectivity index (χ0) is 18.8. The Morgan fingerprint density at radius 1 is 1.12 bits per heavy atom. The standard InChI is InChI=1S/C20H31N3O3/c1-15-13-16(2)22-18(21-15)26-14-20(25)9-11-23(12-10-20)17(24)19(3)7-5-4-6-8-19/h13,25H,4-12,14H2,1-3H3. The highest BCUT2D eigenvalue weighted by Gasteiger charge is 2.41. The van der Waals surface area contributed by atoms with E-state index in [1.807, 2.05) is 24.8 Å². The normalized spacial score (nSPS) is 22.1. The van der Waals surface area contributed by atoms with Crippen LogP contribution in [0.4, 0.5) is 0 Å². The minimum absolute atomic E-state index is 0.162. The van der Waals surface area contributed by atoms with Crippen LogP contribution in [0, 0.1) is 19.3 Å². The van der Waals surface area contributed by atoms with Crippen molar-refractivity contribution >= 4 is 5.91 Å². The van der Waals surface area contributed by atoms with Gasteiger partial charge >= 0.3 is 6.01 Å². The van der Waals surface area contributed by atoms with Crippen molar-refractivity contribution in [2.24, 2.45) is 5.41 Å². The Balaban J connectivity index is 1.54. The van der Waals surface area contributed by atoms with E-state index in [-0.39, 0.29) is 17.9 Å². The quantitative estimate of drug-likeness (QED) is 0.892. The summed E-state index contributed by atoms with van der Waals surface area (Å²) in [7, 11) is 0. The van der Waals surface area contributed by atoms with Crippen LogP contribution in [0.2, 0.25) is 0 Å². The molecular formula is C20H31N3O3. The fourth-order valence-corrected chi connectivity index (χ4v) is 4.16. The van der Waals surface area contributed by atoms with Gasteiger partial charge in [0.1, 0.15) is 12.2 Å². The van der Waals surface area contributed by atoms with Crippen LogP contribution in [0.15, 0.2) is 6.07 Å². The maximum absolute atomic E-state index is 12.9. The third kappa shape index (κ3) is 4.34. The molecule has 2 heterocycles. The summed E-state index contributed by atoms with van der Waals surface area (Å²) in [6.45, 7) is 7.23. The molecule has 2 fully saturated rings. The largest absolute Gasteiger partial charge is 0.460 e. The average Bonchev–Trinajstić information content (AvgIpc) is 2.60. The molecule has 1 amide bonds. The molecule has 3 rings (SSSR count). The predicted octanol–water partition coefficient (Wildman–Crippen LogP) is 2.80. The maximum atomic E-state index is 12.9. The van der Waals surface area contributed by atoms with Gasteiger partial charge in [-0.2, -0.15) is 0 Å². The molecule has 1 saturated carbocycles. The minimum Gasteiger partial charge on any atom is -0.460 e. The van der Waals surface area contributed by atoms with Gasteiger partial charge in [0.15, 0.2) is 0 Å². The third-order valence-corrected chi connectivity index (χ3v) is 5.89. The van der Waals surface area contributed by atoms with E-state index < -0.39 is 5.60 Å². The van der Waals surface area contributed by atoms with Crippen molar-refractivity contribution < 1.29 is 14.6 Å². The van der Waals surface area contributed by atoms with Gasteiger partial charge in [0.25, 0.3) is 0 Å². The van der Waals surface area contributed by atoms with Gasteiger partial charge in [-0.05, 0) is 45.6 Å². The summed E-state index contributed by atoms with van der Waals surface area (Å²) < 4.78 is 5.67. The Labute approximate surface area is 156 Å². The van der Waals surface area contributed by atoms with Gasteiger partial charge < -0.3 is 14.7 Å². The lowest BCUT2D eigenvalue weighted by Crippen LogP contribution is -2.53. The molecule has 1 N–H and O–H groups in total. The fraction of sp³-hybridized carbons (Fsp3) is 0.750. The lowest BCUT2D eigenvalue weighted by molar-refractivity contribution is -0.148. The molecule has 6 heteroatoms. The molecule has 0 spiro atoms. The highest BCUT2D eigenvalue weighted by Crippen LogP contribution is 2.38.